The summed E-state index contributed by atoms with van der Waals surface area (Å²) in [7, 11) is 0. The Morgan fingerprint density at radius 2 is 2.00 bits per heavy atom. The highest BCUT2D eigenvalue weighted by atomic mass is 16.3. The Labute approximate surface area is 99.7 Å². The van der Waals surface area contributed by atoms with Crippen molar-refractivity contribution in [1.29, 1.82) is 0 Å². The van der Waals surface area contributed by atoms with E-state index < -0.39 is 11.1 Å². The number of nitrogens with zero attached hydrogens (tertiary/aromatic N) is 4. The molecule has 2 N–H and O–H groups in total. The van der Waals surface area contributed by atoms with Crippen molar-refractivity contribution in [2.45, 2.75) is 38.8 Å². The summed E-state index contributed by atoms with van der Waals surface area (Å²) in [5, 5.41) is 21.1. The number of aromatic nitrogens is 4. The number of anilines is 1. The van der Waals surface area contributed by atoms with E-state index in [9.17, 15) is 5.11 Å². The molecule has 0 aromatic carbocycles. The van der Waals surface area contributed by atoms with Crippen LogP contribution in [0.4, 0.5) is 5.82 Å². The normalized spacial score (nSPS) is 13.0. The molecule has 0 amide bonds. The van der Waals surface area contributed by atoms with Crippen molar-refractivity contribution in [3.8, 4) is 0 Å². The molecule has 0 aliphatic heterocycles. The van der Waals surface area contributed by atoms with Crippen molar-refractivity contribution in [2.24, 2.45) is 0 Å². The highest BCUT2D eigenvalue weighted by Gasteiger charge is 2.35. The monoisotopic (exact) mass is 235 g/mol. The van der Waals surface area contributed by atoms with Gasteiger partial charge < -0.3 is 10.4 Å². The van der Waals surface area contributed by atoms with Gasteiger partial charge in [0.1, 0.15) is 6.33 Å². The van der Waals surface area contributed by atoms with Crippen LogP contribution in [0.2, 0.25) is 0 Å². The van der Waals surface area contributed by atoms with E-state index >= 15 is 0 Å². The fourth-order valence-electron chi connectivity index (χ4n) is 1.30. The topological polar surface area (TPSA) is 75.3 Å². The molecule has 2 aromatic heterocycles. The zero-order chi connectivity index (χ0) is 12.7. The van der Waals surface area contributed by atoms with Gasteiger partial charge in [-0.3, -0.25) is 4.40 Å². The summed E-state index contributed by atoms with van der Waals surface area (Å²) in [6, 6.07) is 0. The van der Waals surface area contributed by atoms with Crippen LogP contribution in [0.1, 0.15) is 27.7 Å². The van der Waals surface area contributed by atoms with Gasteiger partial charge in [-0.2, -0.15) is 0 Å². The molecule has 0 unspecified atom stereocenters. The molecule has 0 fully saturated rings. The Bertz CT molecular complexity index is 526. The Morgan fingerprint density at radius 3 is 2.65 bits per heavy atom. The quantitative estimate of drug-likeness (QED) is 0.832. The fraction of sp³-hybridized carbons (Fsp3) is 0.545. The van der Waals surface area contributed by atoms with Gasteiger partial charge >= 0.3 is 0 Å². The Hall–Kier alpha value is -1.69. The summed E-state index contributed by atoms with van der Waals surface area (Å²) in [5.74, 6) is 0.608. The first-order valence-electron chi connectivity index (χ1n) is 5.46. The van der Waals surface area contributed by atoms with Crippen LogP contribution in [0.25, 0.3) is 5.65 Å². The van der Waals surface area contributed by atoms with Crippen molar-refractivity contribution >= 4 is 11.5 Å². The first-order chi connectivity index (χ1) is 7.81. The van der Waals surface area contributed by atoms with E-state index in [2.05, 4.69) is 20.5 Å². The van der Waals surface area contributed by atoms with Crippen molar-refractivity contribution < 1.29 is 5.11 Å². The van der Waals surface area contributed by atoms with Gasteiger partial charge in [0.05, 0.1) is 11.1 Å². The maximum Gasteiger partial charge on any atom is 0.203 e. The van der Waals surface area contributed by atoms with Crippen molar-refractivity contribution in [2.75, 3.05) is 5.32 Å². The molecule has 17 heavy (non-hydrogen) atoms. The lowest BCUT2D eigenvalue weighted by atomic mass is 9.86. The van der Waals surface area contributed by atoms with Crippen LogP contribution in [0, 0.1) is 0 Å². The van der Waals surface area contributed by atoms with E-state index in [1.54, 1.807) is 37.0 Å². The molecule has 6 nitrogen and oxygen atoms in total. The maximum absolute atomic E-state index is 10.1. The molecule has 0 saturated heterocycles. The van der Waals surface area contributed by atoms with Gasteiger partial charge in [0.15, 0.2) is 5.82 Å². The standard InChI is InChI=1S/C11H17N5O/c1-10(2,11(3,4)17)14-8-9-15-13-7-16(9)6-5-12-8/h5-7,17H,1-4H3,(H,12,14). The Kier molecular flexibility index (Phi) is 2.54. The molecular formula is C11H17N5O. The molecule has 0 atom stereocenters. The third-order valence-electron chi connectivity index (χ3n) is 3.18. The summed E-state index contributed by atoms with van der Waals surface area (Å²) in [4.78, 5) is 4.23. The van der Waals surface area contributed by atoms with Crippen LogP contribution in [-0.2, 0) is 0 Å². The summed E-state index contributed by atoms with van der Waals surface area (Å²) in [6.07, 6.45) is 5.05. The third-order valence-corrected chi connectivity index (χ3v) is 3.18. The minimum Gasteiger partial charge on any atom is -0.388 e. The number of aliphatic hydroxyl groups is 1. The van der Waals surface area contributed by atoms with Gasteiger partial charge in [-0.15, -0.1) is 10.2 Å². The molecule has 92 valence electrons. The van der Waals surface area contributed by atoms with Gasteiger partial charge in [0, 0.05) is 12.4 Å². The lowest BCUT2D eigenvalue weighted by Gasteiger charge is -2.38. The van der Waals surface area contributed by atoms with Gasteiger partial charge in [0.2, 0.25) is 5.65 Å². The van der Waals surface area contributed by atoms with Crippen LogP contribution >= 0.6 is 0 Å². The predicted molar refractivity (Wildman–Crippen MR) is 64.8 cm³/mol. The smallest absolute Gasteiger partial charge is 0.203 e. The average Bonchev–Trinajstić information content (AvgIpc) is 2.64. The maximum atomic E-state index is 10.1. The molecule has 0 saturated carbocycles. The molecule has 2 rings (SSSR count). The van der Waals surface area contributed by atoms with E-state index in [4.69, 9.17) is 0 Å². The number of fused-ring (bicyclic) bond motifs is 1. The second-order valence-electron chi connectivity index (χ2n) is 5.15. The van der Waals surface area contributed by atoms with Gasteiger partial charge in [-0.1, -0.05) is 0 Å². The van der Waals surface area contributed by atoms with Crippen LogP contribution in [0.3, 0.4) is 0 Å². The lowest BCUT2D eigenvalue weighted by Crippen LogP contribution is -2.51. The Morgan fingerprint density at radius 1 is 1.29 bits per heavy atom. The fourth-order valence-corrected chi connectivity index (χ4v) is 1.30. The first kappa shape index (κ1) is 11.8. The molecule has 6 heteroatoms. The number of hydrogen-bond donors (Lipinski definition) is 2. The van der Waals surface area contributed by atoms with E-state index in [0.29, 0.717) is 11.5 Å². The average molecular weight is 235 g/mol. The zero-order valence-corrected chi connectivity index (χ0v) is 10.5. The second kappa shape index (κ2) is 3.66. The van der Waals surface area contributed by atoms with E-state index in [1.807, 2.05) is 13.8 Å². The SMILES string of the molecule is CC(C)(O)C(C)(C)Nc1nccn2cnnc12. The van der Waals surface area contributed by atoms with Crippen molar-refractivity contribution in [1.82, 2.24) is 19.6 Å². The first-order valence-corrected chi connectivity index (χ1v) is 5.46. The van der Waals surface area contributed by atoms with Gasteiger partial charge in [0.25, 0.3) is 0 Å². The van der Waals surface area contributed by atoms with Crippen LogP contribution in [0.5, 0.6) is 0 Å². The highest BCUT2D eigenvalue weighted by Crippen LogP contribution is 2.26. The van der Waals surface area contributed by atoms with E-state index in [-0.39, 0.29) is 0 Å². The number of nitrogens with one attached hydrogen (secondary N) is 1. The molecular weight excluding hydrogens is 218 g/mol. The van der Waals surface area contributed by atoms with E-state index in [1.165, 1.54) is 0 Å². The zero-order valence-electron chi connectivity index (χ0n) is 10.5. The molecule has 0 aliphatic carbocycles. The summed E-state index contributed by atoms with van der Waals surface area (Å²) in [6.45, 7) is 7.33. The predicted octanol–water partition coefficient (Wildman–Crippen LogP) is 1.09. The lowest BCUT2D eigenvalue weighted by molar-refractivity contribution is 0.0239. The van der Waals surface area contributed by atoms with Gasteiger partial charge in [-0.05, 0) is 27.7 Å². The van der Waals surface area contributed by atoms with Crippen molar-refractivity contribution in [3.63, 3.8) is 0 Å². The molecule has 0 radical (unpaired) electrons. The summed E-state index contributed by atoms with van der Waals surface area (Å²) < 4.78 is 1.77. The molecule has 2 heterocycles. The summed E-state index contributed by atoms with van der Waals surface area (Å²) >= 11 is 0. The minimum absolute atomic E-state index is 0.534. The second-order valence-corrected chi connectivity index (χ2v) is 5.15. The van der Waals surface area contributed by atoms with Crippen LogP contribution in [-0.4, -0.2) is 35.8 Å². The molecule has 2 aromatic rings. The number of rotatable bonds is 3. The third kappa shape index (κ3) is 2.08. The summed E-state index contributed by atoms with van der Waals surface area (Å²) in [5.41, 5.74) is -0.778. The Balaban J connectivity index is 2.39. The number of hydrogen-bond acceptors (Lipinski definition) is 5. The molecule has 0 bridgehead atoms. The van der Waals surface area contributed by atoms with Crippen LogP contribution < -0.4 is 5.32 Å². The van der Waals surface area contributed by atoms with Crippen LogP contribution in [0.15, 0.2) is 18.7 Å². The van der Waals surface area contributed by atoms with Gasteiger partial charge in [-0.25, -0.2) is 4.98 Å². The molecule has 0 aliphatic rings. The van der Waals surface area contributed by atoms with E-state index in [0.717, 1.165) is 0 Å². The highest BCUT2D eigenvalue weighted by molar-refractivity contribution is 5.62. The largest absolute Gasteiger partial charge is 0.388 e. The minimum atomic E-state index is -0.887. The van der Waals surface area contributed by atoms with Crippen molar-refractivity contribution in [3.05, 3.63) is 18.7 Å². The molecule has 0 spiro atoms.